The number of pyridine rings is 1. The van der Waals surface area contributed by atoms with E-state index in [9.17, 15) is 4.79 Å². The van der Waals surface area contributed by atoms with Gasteiger partial charge in [0.1, 0.15) is 5.69 Å². The van der Waals surface area contributed by atoms with Crippen molar-refractivity contribution < 1.29 is 18.4 Å². The molecule has 0 saturated carbocycles. The highest BCUT2D eigenvalue weighted by Crippen LogP contribution is 2.37. The first-order valence-electron chi connectivity index (χ1n) is 8.88. The highest BCUT2D eigenvalue weighted by molar-refractivity contribution is 5.93. The second-order valence-corrected chi connectivity index (χ2v) is 6.96. The summed E-state index contributed by atoms with van der Waals surface area (Å²) in [6, 6.07) is 3.59. The van der Waals surface area contributed by atoms with E-state index in [1.165, 1.54) is 4.90 Å². The Balaban J connectivity index is 1.49. The summed E-state index contributed by atoms with van der Waals surface area (Å²) in [5.74, 6) is 0.365. The molecule has 138 valence electrons. The van der Waals surface area contributed by atoms with E-state index < -0.39 is 5.67 Å². The lowest BCUT2D eigenvalue weighted by Crippen LogP contribution is -2.33. The van der Waals surface area contributed by atoms with Crippen LogP contribution in [0.25, 0.3) is 0 Å². The minimum atomic E-state index is -1.81. The Kier molecular flexibility index (Phi) is 4.44. The first-order chi connectivity index (χ1) is 12.6. The third kappa shape index (κ3) is 3.09. The van der Waals surface area contributed by atoms with Crippen molar-refractivity contribution in [3.05, 3.63) is 41.3 Å². The van der Waals surface area contributed by atoms with Crippen molar-refractivity contribution in [3.8, 4) is 0 Å². The Labute approximate surface area is 150 Å². The smallest absolute Gasteiger partial charge is 0.272 e. The highest BCUT2D eigenvalue weighted by atomic mass is 19.1. The maximum atomic E-state index is 15.4. The van der Waals surface area contributed by atoms with Crippen LogP contribution in [0.4, 0.5) is 4.39 Å². The van der Waals surface area contributed by atoms with Gasteiger partial charge in [0.2, 0.25) is 5.67 Å². The fourth-order valence-electron chi connectivity index (χ4n) is 3.52. The first kappa shape index (κ1) is 17.1. The van der Waals surface area contributed by atoms with Crippen LogP contribution in [-0.2, 0) is 10.4 Å². The number of ether oxygens (including phenoxy) is 1. The summed E-state index contributed by atoms with van der Waals surface area (Å²) in [5.41, 5.74) is -0.687. The Morgan fingerprint density at radius 2 is 2.19 bits per heavy atom. The number of nitrogens with zero attached hydrogens (tertiary/aromatic N) is 4. The molecule has 0 aliphatic carbocycles. The van der Waals surface area contributed by atoms with Crippen LogP contribution in [0.3, 0.4) is 0 Å². The molecule has 0 bridgehead atoms. The number of rotatable bonds is 3. The second-order valence-electron chi connectivity index (χ2n) is 6.96. The summed E-state index contributed by atoms with van der Waals surface area (Å²) in [4.78, 5) is 22.6. The largest absolute Gasteiger partial charge is 0.381 e. The zero-order chi connectivity index (χ0) is 18.1. The van der Waals surface area contributed by atoms with Gasteiger partial charge in [-0.3, -0.25) is 9.78 Å². The van der Waals surface area contributed by atoms with Gasteiger partial charge in [0.05, 0.1) is 6.54 Å². The molecule has 0 N–H and O–H groups in total. The maximum Gasteiger partial charge on any atom is 0.272 e. The quantitative estimate of drug-likeness (QED) is 0.836. The molecular weight excluding hydrogens is 339 g/mol. The third-order valence-corrected chi connectivity index (χ3v) is 5.13. The molecule has 1 atom stereocenters. The molecule has 8 heteroatoms. The molecule has 1 amide bonds. The molecule has 2 aliphatic rings. The number of likely N-dealkylation sites (tertiary alicyclic amines) is 1. The third-order valence-electron chi connectivity index (χ3n) is 5.13. The van der Waals surface area contributed by atoms with E-state index in [1.807, 2.05) is 13.0 Å². The number of hydrogen-bond donors (Lipinski definition) is 0. The van der Waals surface area contributed by atoms with Crippen molar-refractivity contribution in [1.29, 1.82) is 0 Å². The molecule has 0 aromatic carbocycles. The molecule has 2 aliphatic heterocycles. The predicted octanol–water partition coefficient (Wildman–Crippen LogP) is 2.38. The maximum absolute atomic E-state index is 15.4. The van der Waals surface area contributed by atoms with E-state index in [4.69, 9.17) is 9.26 Å². The molecule has 7 nitrogen and oxygen atoms in total. The molecule has 1 unspecified atom stereocenters. The number of alkyl halides is 1. The van der Waals surface area contributed by atoms with Crippen molar-refractivity contribution in [1.82, 2.24) is 20.0 Å². The molecule has 2 aromatic heterocycles. The number of aromatic nitrogens is 3. The standard InChI is InChI=1S/C18H21FN4O3/c1-12-3-2-7-20-14(12)16(24)23-8-6-18(19,11-23)17-21-15(22-26-17)13-4-9-25-10-5-13/h2-3,7,13H,4-6,8-11H2,1H3. The van der Waals surface area contributed by atoms with Gasteiger partial charge in [0, 0.05) is 38.3 Å². The number of halogens is 1. The van der Waals surface area contributed by atoms with Crippen molar-refractivity contribution in [2.24, 2.45) is 0 Å². The number of carbonyl (C=O) groups excluding carboxylic acids is 1. The normalized spacial score (nSPS) is 24.2. The van der Waals surface area contributed by atoms with Crippen LogP contribution in [-0.4, -0.2) is 52.2 Å². The molecule has 0 spiro atoms. The van der Waals surface area contributed by atoms with E-state index >= 15 is 4.39 Å². The first-order valence-corrected chi connectivity index (χ1v) is 8.88. The minimum Gasteiger partial charge on any atom is -0.381 e. The molecule has 2 saturated heterocycles. The van der Waals surface area contributed by atoms with Gasteiger partial charge < -0.3 is 14.2 Å². The average Bonchev–Trinajstić information content (AvgIpc) is 3.31. The van der Waals surface area contributed by atoms with Crippen LogP contribution in [0.5, 0.6) is 0 Å². The van der Waals surface area contributed by atoms with E-state index in [1.54, 1.807) is 12.3 Å². The molecule has 2 aromatic rings. The molecule has 2 fully saturated rings. The van der Waals surface area contributed by atoms with Crippen LogP contribution in [0, 0.1) is 6.92 Å². The van der Waals surface area contributed by atoms with E-state index in [-0.39, 0.29) is 30.7 Å². The van der Waals surface area contributed by atoms with Gasteiger partial charge in [0.25, 0.3) is 11.8 Å². The molecule has 26 heavy (non-hydrogen) atoms. The van der Waals surface area contributed by atoms with Crippen LogP contribution < -0.4 is 0 Å². The number of aryl methyl sites for hydroxylation is 1. The van der Waals surface area contributed by atoms with Crippen LogP contribution in [0.2, 0.25) is 0 Å². The Bertz CT molecular complexity index is 805. The fourth-order valence-corrected chi connectivity index (χ4v) is 3.52. The van der Waals surface area contributed by atoms with Crippen molar-refractivity contribution in [2.75, 3.05) is 26.3 Å². The molecule has 0 radical (unpaired) electrons. The average molecular weight is 360 g/mol. The Morgan fingerprint density at radius 3 is 2.96 bits per heavy atom. The lowest BCUT2D eigenvalue weighted by molar-refractivity contribution is 0.0710. The summed E-state index contributed by atoms with van der Waals surface area (Å²) in [6.07, 6.45) is 3.32. The monoisotopic (exact) mass is 360 g/mol. The minimum absolute atomic E-state index is 0.0352. The van der Waals surface area contributed by atoms with E-state index in [0.29, 0.717) is 31.3 Å². The topological polar surface area (TPSA) is 81.4 Å². The predicted molar refractivity (Wildman–Crippen MR) is 89.4 cm³/mol. The SMILES string of the molecule is Cc1cccnc1C(=O)N1CCC(F)(c2nc(C3CCOCC3)no2)C1. The van der Waals surface area contributed by atoms with Gasteiger partial charge in [-0.05, 0) is 31.4 Å². The fraction of sp³-hybridized carbons (Fsp3) is 0.556. The van der Waals surface area contributed by atoms with E-state index in [2.05, 4.69) is 15.1 Å². The number of carbonyl (C=O) groups is 1. The van der Waals surface area contributed by atoms with Crippen LogP contribution in [0.15, 0.2) is 22.9 Å². The lowest BCUT2D eigenvalue weighted by atomic mass is 9.99. The van der Waals surface area contributed by atoms with Gasteiger partial charge in [0.15, 0.2) is 5.82 Å². The van der Waals surface area contributed by atoms with Crippen molar-refractivity contribution in [2.45, 2.75) is 37.8 Å². The second kappa shape index (κ2) is 6.75. The summed E-state index contributed by atoms with van der Waals surface area (Å²) >= 11 is 0. The van der Waals surface area contributed by atoms with Gasteiger partial charge in [-0.2, -0.15) is 4.98 Å². The lowest BCUT2D eigenvalue weighted by Gasteiger charge is -2.19. The van der Waals surface area contributed by atoms with E-state index in [0.717, 1.165) is 18.4 Å². The molecule has 4 rings (SSSR count). The highest BCUT2D eigenvalue weighted by Gasteiger charge is 2.47. The van der Waals surface area contributed by atoms with Crippen molar-refractivity contribution in [3.63, 3.8) is 0 Å². The van der Waals surface area contributed by atoms with Gasteiger partial charge in [-0.25, -0.2) is 4.39 Å². The molecular formula is C18H21FN4O3. The van der Waals surface area contributed by atoms with Gasteiger partial charge >= 0.3 is 0 Å². The zero-order valence-electron chi connectivity index (χ0n) is 14.7. The van der Waals surface area contributed by atoms with Crippen LogP contribution >= 0.6 is 0 Å². The summed E-state index contributed by atoms with van der Waals surface area (Å²) in [7, 11) is 0. The molecule has 4 heterocycles. The summed E-state index contributed by atoms with van der Waals surface area (Å²) in [5, 5.41) is 3.97. The number of amides is 1. The van der Waals surface area contributed by atoms with Gasteiger partial charge in [-0.1, -0.05) is 11.2 Å². The summed E-state index contributed by atoms with van der Waals surface area (Å²) in [6.45, 7) is 3.32. The Morgan fingerprint density at radius 1 is 1.38 bits per heavy atom. The van der Waals surface area contributed by atoms with Gasteiger partial charge in [-0.15, -0.1) is 0 Å². The number of hydrogen-bond acceptors (Lipinski definition) is 6. The van der Waals surface area contributed by atoms with Crippen LogP contribution in [0.1, 0.15) is 52.9 Å². The van der Waals surface area contributed by atoms with Crippen molar-refractivity contribution >= 4 is 5.91 Å². The summed E-state index contributed by atoms with van der Waals surface area (Å²) < 4.78 is 26.0. The zero-order valence-corrected chi connectivity index (χ0v) is 14.7. The Hall–Kier alpha value is -2.35.